The molecule has 1 aromatic heterocycles. The first-order valence-electron chi connectivity index (χ1n) is 10.1. The normalized spacial score (nSPS) is 16.4. The predicted molar refractivity (Wildman–Crippen MR) is 109 cm³/mol. The van der Waals surface area contributed by atoms with Crippen molar-refractivity contribution in [3.63, 3.8) is 0 Å². The zero-order chi connectivity index (χ0) is 20.2. The van der Waals surface area contributed by atoms with Crippen molar-refractivity contribution in [2.45, 2.75) is 25.8 Å². The molecule has 0 spiro atoms. The minimum absolute atomic E-state index is 0.146. The largest absolute Gasteiger partial charge is 0.450 e. The van der Waals surface area contributed by atoms with Crippen LogP contribution in [0.3, 0.4) is 0 Å². The summed E-state index contributed by atoms with van der Waals surface area (Å²) in [5, 5.41) is 3.37. The Bertz CT molecular complexity index is 877. The predicted octanol–water partition coefficient (Wildman–Crippen LogP) is 2.63. The molecule has 0 radical (unpaired) electrons. The molecule has 1 aliphatic carbocycles. The smallest absolute Gasteiger partial charge is 0.409 e. The molecule has 0 bridgehead atoms. The van der Waals surface area contributed by atoms with Gasteiger partial charge < -0.3 is 19.9 Å². The van der Waals surface area contributed by atoms with E-state index in [-0.39, 0.29) is 12.0 Å². The fraction of sp³-hybridized carbons (Fsp3) is 0.429. The molecule has 29 heavy (non-hydrogen) atoms. The molecule has 0 unspecified atom stereocenters. The topological polar surface area (TPSA) is 87.7 Å². The van der Waals surface area contributed by atoms with Gasteiger partial charge in [-0.25, -0.2) is 14.8 Å². The third kappa shape index (κ3) is 4.64. The number of hydrogen-bond donors (Lipinski definition) is 1. The number of benzene rings is 1. The van der Waals surface area contributed by atoms with Crippen LogP contribution in [0.4, 0.5) is 10.6 Å². The number of ether oxygens (including phenoxy) is 1. The highest BCUT2D eigenvalue weighted by Gasteiger charge is 2.28. The number of carbonyl (C=O) groups excluding carboxylic acids is 2. The summed E-state index contributed by atoms with van der Waals surface area (Å²) in [4.78, 5) is 37.5. The number of nitrogens with zero attached hydrogens (tertiary/aromatic N) is 4. The molecule has 8 nitrogen and oxygen atoms in total. The van der Waals surface area contributed by atoms with Gasteiger partial charge in [-0.05, 0) is 19.8 Å². The van der Waals surface area contributed by atoms with Crippen molar-refractivity contribution >= 4 is 17.8 Å². The lowest BCUT2D eigenvalue weighted by molar-refractivity contribution is 0.0566. The number of anilines is 1. The molecule has 1 aliphatic heterocycles. The van der Waals surface area contributed by atoms with Crippen molar-refractivity contribution in [3.8, 4) is 11.4 Å². The van der Waals surface area contributed by atoms with Crippen LogP contribution in [-0.4, -0.2) is 70.6 Å². The van der Waals surface area contributed by atoms with Crippen LogP contribution < -0.4 is 5.32 Å². The van der Waals surface area contributed by atoms with E-state index < -0.39 is 0 Å². The first-order valence-corrected chi connectivity index (χ1v) is 10.1. The van der Waals surface area contributed by atoms with Gasteiger partial charge in [0.1, 0.15) is 11.5 Å². The molecule has 2 heterocycles. The fourth-order valence-electron chi connectivity index (χ4n) is 3.25. The van der Waals surface area contributed by atoms with Crippen molar-refractivity contribution < 1.29 is 14.3 Å². The van der Waals surface area contributed by atoms with E-state index in [4.69, 9.17) is 4.74 Å². The lowest BCUT2D eigenvalue weighted by atomic mass is 10.2. The maximum atomic E-state index is 13.1. The van der Waals surface area contributed by atoms with E-state index in [1.54, 1.807) is 22.8 Å². The summed E-state index contributed by atoms with van der Waals surface area (Å²) in [7, 11) is 0. The van der Waals surface area contributed by atoms with Crippen molar-refractivity contribution in [2.24, 2.45) is 0 Å². The minimum Gasteiger partial charge on any atom is -0.450 e. The zero-order valence-corrected chi connectivity index (χ0v) is 16.5. The van der Waals surface area contributed by atoms with Gasteiger partial charge in [-0.15, -0.1) is 0 Å². The lowest BCUT2D eigenvalue weighted by Gasteiger charge is -2.33. The summed E-state index contributed by atoms with van der Waals surface area (Å²) < 4.78 is 5.04. The summed E-state index contributed by atoms with van der Waals surface area (Å²) in [6.07, 6.45) is 1.90. The van der Waals surface area contributed by atoms with Crippen LogP contribution in [0.5, 0.6) is 0 Å². The monoisotopic (exact) mass is 395 g/mol. The van der Waals surface area contributed by atoms with E-state index >= 15 is 0 Å². The molecule has 2 fully saturated rings. The molecule has 0 atom stereocenters. The molecule has 2 aromatic rings. The molecule has 1 N–H and O–H groups in total. The van der Waals surface area contributed by atoms with Gasteiger partial charge in [0.25, 0.3) is 5.91 Å². The Kier molecular flexibility index (Phi) is 5.59. The van der Waals surface area contributed by atoms with Gasteiger partial charge in [0.2, 0.25) is 0 Å². The average Bonchev–Trinajstić information content (AvgIpc) is 3.58. The molecule has 8 heteroatoms. The number of rotatable bonds is 5. The summed E-state index contributed by atoms with van der Waals surface area (Å²) >= 11 is 0. The van der Waals surface area contributed by atoms with E-state index in [0.717, 1.165) is 18.4 Å². The maximum absolute atomic E-state index is 13.1. The van der Waals surface area contributed by atoms with Gasteiger partial charge in [-0.1, -0.05) is 30.3 Å². The molecular formula is C21H25N5O3. The first kappa shape index (κ1) is 19.2. The van der Waals surface area contributed by atoms with E-state index in [1.165, 1.54) is 0 Å². The summed E-state index contributed by atoms with van der Waals surface area (Å²) in [6, 6.07) is 11.8. The SMILES string of the molecule is CCOC(=O)N1CCN(C(=O)c2cc(NC3CC3)nc(-c3ccccc3)n2)CC1. The second kappa shape index (κ2) is 8.46. The van der Waals surface area contributed by atoms with E-state index in [0.29, 0.717) is 56.2 Å². The van der Waals surface area contributed by atoms with Crippen molar-refractivity contribution in [2.75, 3.05) is 38.1 Å². The second-order valence-electron chi connectivity index (χ2n) is 7.22. The van der Waals surface area contributed by atoms with Gasteiger partial charge in [0.15, 0.2) is 5.82 Å². The molecule has 1 aromatic carbocycles. The number of piperazine rings is 1. The molecule has 2 aliphatic rings. The van der Waals surface area contributed by atoms with Crippen LogP contribution in [0.2, 0.25) is 0 Å². The minimum atomic E-state index is -0.330. The van der Waals surface area contributed by atoms with Crippen LogP contribution in [0.1, 0.15) is 30.3 Å². The van der Waals surface area contributed by atoms with Crippen LogP contribution >= 0.6 is 0 Å². The van der Waals surface area contributed by atoms with Gasteiger partial charge in [-0.2, -0.15) is 0 Å². The number of carbonyl (C=O) groups is 2. The third-order valence-electron chi connectivity index (χ3n) is 5.00. The zero-order valence-electron chi connectivity index (χ0n) is 16.5. The molecule has 1 saturated heterocycles. The number of nitrogens with one attached hydrogen (secondary N) is 1. The quantitative estimate of drug-likeness (QED) is 0.837. The van der Waals surface area contributed by atoms with Gasteiger partial charge in [0.05, 0.1) is 6.61 Å². The number of aromatic nitrogens is 2. The molecule has 152 valence electrons. The molecule has 2 amide bonds. The molecular weight excluding hydrogens is 370 g/mol. The van der Waals surface area contributed by atoms with Crippen LogP contribution in [0.25, 0.3) is 11.4 Å². The van der Waals surface area contributed by atoms with Crippen molar-refractivity contribution in [1.82, 2.24) is 19.8 Å². The highest BCUT2D eigenvalue weighted by molar-refractivity contribution is 5.93. The Morgan fingerprint density at radius 2 is 1.76 bits per heavy atom. The number of hydrogen-bond acceptors (Lipinski definition) is 6. The van der Waals surface area contributed by atoms with Gasteiger partial charge >= 0.3 is 6.09 Å². The second-order valence-corrected chi connectivity index (χ2v) is 7.22. The van der Waals surface area contributed by atoms with Gasteiger partial charge in [0, 0.05) is 43.9 Å². The Morgan fingerprint density at radius 1 is 1.07 bits per heavy atom. The highest BCUT2D eigenvalue weighted by Crippen LogP contribution is 2.26. The first-order chi connectivity index (χ1) is 14.1. The lowest BCUT2D eigenvalue weighted by Crippen LogP contribution is -2.50. The summed E-state index contributed by atoms with van der Waals surface area (Å²) in [5.41, 5.74) is 1.24. The number of amides is 2. The van der Waals surface area contributed by atoms with Gasteiger partial charge in [-0.3, -0.25) is 4.79 Å². The van der Waals surface area contributed by atoms with Crippen LogP contribution in [0, 0.1) is 0 Å². The van der Waals surface area contributed by atoms with E-state index in [1.807, 2.05) is 30.3 Å². The van der Waals surface area contributed by atoms with Crippen molar-refractivity contribution in [1.29, 1.82) is 0 Å². The maximum Gasteiger partial charge on any atom is 0.409 e. The average molecular weight is 395 g/mol. The van der Waals surface area contributed by atoms with Crippen molar-refractivity contribution in [3.05, 3.63) is 42.1 Å². The third-order valence-corrected chi connectivity index (χ3v) is 5.00. The Labute approximate surface area is 169 Å². The fourth-order valence-corrected chi connectivity index (χ4v) is 3.25. The standard InChI is InChI=1S/C21H25N5O3/c1-2-29-21(28)26-12-10-25(11-13-26)20(27)17-14-18(22-16-8-9-16)24-19(23-17)15-6-4-3-5-7-15/h3-7,14,16H,2,8-13H2,1H3,(H,22,23,24). The van der Waals surface area contributed by atoms with Crippen LogP contribution in [0.15, 0.2) is 36.4 Å². The molecule has 4 rings (SSSR count). The summed E-state index contributed by atoms with van der Waals surface area (Å²) in [6.45, 7) is 3.94. The molecule has 1 saturated carbocycles. The van der Waals surface area contributed by atoms with E-state index in [9.17, 15) is 9.59 Å². The Balaban J connectivity index is 1.52. The Morgan fingerprint density at radius 3 is 2.41 bits per heavy atom. The Hall–Kier alpha value is -3.16. The highest BCUT2D eigenvalue weighted by atomic mass is 16.6. The van der Waals surface area contributed by atoms with Crippen LogP contribution in [-0.2, 0) is 4.74 Å². The summed E-state index contributed by atoms with van der Waals surface area (Å²) in [5.74, 6) is 1.06. The van der Waals surface area contributed by atoms with E-state index in [2.05, 4.69) is 15.3 Å².